The second kappa shape index (κ2) is 6.13. The fourth-order valence-electron chi connectivity index (χ4n) is 5.04. The van der Waals surface area contributed by atoms with E-state index in [9.17, 15) is 19.5 Å². The zero-order chi connectivity index (χ0) is 19.6. The van der Waals surface area contributed by atoms with Crippen molar-refractivity contribution in [1.82, 2.24) is 0 Å². The van der Waals surface area contributed by atoms with E-state index in [0.29, 0.717) is 25.1 Å². The lowest BCUT2D eigenvalue weighted by Gasteiger charge is -2.33. The number of anilines is 2. The number of nitrogens with one attached hydrogen (secondary N) is 1. The summed E-state index contributed by atoms with van der Waals surface area (Å²) in [6.45, 7) is 6.26. The summed E-state index contributed by atoms with van der Waals surface area (Å²) < 4.78 is 6.35. The fourth-order valence-corrected chi connectivity index (χ4v) is 7.64. The van der Waals surface area contributed by atoms with Gasteiger partial charge in [-0.3, -0.25) is 9.59 Å². The van der Waals surface area contributed by atoms with Gasteiger partial charge in [-0.2, -0.15) is 0 Å². The lowest BCUT2D eigenvalue weighted by atomic mass is 9.82. The Balaban J connectivity index is 1.80. The number of hydrogen-bond donors (Lipinski definition) is 3. The van der Waals surface area contributed by atoms with E-state index in [0.717, 1.165) is 11.3 Å². The largest absolute Gasteiger partial charge is 0.432 e. The molecule has 2 amide bonds. The summed E-state index contributed by atoms with van der Waals surface area (Å²) in [5, 5.41) is 12.4. The summed E-state index contributed by atoms with van der Waals surface area (Å²) in [4.78, 5) is 37.5. The second-order valence-electron chi connectivity index (χ2n) is 8.35. The summed E-state index contributed by atoms with van der Waals surface area (Å²) in [5.74, 6) is -0.410. The number of fused-ring (bicyclic) bond motifs is 2. The van der Waals surface area contributed by atoms with Gasteiger partial charge in [0.25, 0.3) is 5.91 Å². The number of ether oxygens (including phenoxy) is 1. The van der Waals surface area contributed by atoms with Gasteiger partial charge in [0.15, 0.2) is 13.9 Å². The average Bonchev–Trinajstić information content (AvgIpc) is 3.02. The highest BCUT2D eigenvalue weighted by Gasteiger charge is 2.64. The van der Waals surface area contributed by atoms with Crippen LogP contribution in [0.5, 0.6) is 0 Å². The second-order valence-corrected chi connectivity index (χ2v) is 12.3. The molecule has 0 aromatic heterocycles. The van der Waals surface area contributed by atoms with Gasteiger partial charge in [0.2, 0.25) is 5.91 Å². The molecule has 8 heteroatoms. The Labute approximate surface area is 159 Å². The molecule has 4 rings (SSSR count). The number of hydrogen-bond acceptors (Lipinski definition) is 5. The van der Waals surface area contributed by atoms with Gasteiger partial charge in [0, 0.05) is 48.0 Å². The van der Waals surface area contributed by atoms with Gasteiger partial charge in [-0.15, -0.1) is 0 Å². The van der Waals surface area contributed by atoms with Crippen LogP contribution in [-0.2, 0) is 19.9 Å². The van der Waals surface area contributed by atoms with Crippen molar-refractivity contribution in [1.29, 1.82) is 0 Å². The molecule has 3 aliphatic heterocycles. The van der Waals surface area contributed by atoms with Gasteiger partial charge < -0.3 is 24.9 Å². The number of aliphatic hydroxyl groups is 1. The first-order valence-corrected chi connectivity index (χ1v) is 12.5. The van der Waals surface area contributed by atoms with E-state index >= 15 is 0 Å². The Morgan fingerprint density at radius 1 is 1.37 bits per heavy atom. The van der Waals surface area contributed by atoms with Gasteiger partial charge in [-0.1, -0.05) is 6.92 Å². The van der Waals surface area contributed by atoms with E-state index in [1.165, 1.54) is 0 Å². The van der Waals surface area contributed by atoms with Crippen molar-refractivity contribution in [2.75, 3.05) is 23.4 Å². The van der Waals surface area contributed by atoms with Crippen LogP contribution in [0, 0.1) is 5.92 Å². The number of β-lactam (4-membered cyclic amide) rings is 1. The molecule has 27 heavy (non-hydrogen) atoms. The monoisotopic (exact) mass is 390 g/mol. The predicted molar refractivity (Wildman–Crippen MR) is 103 cm³/mol. The fraction of sp³-hybridized carbons (Fsp3) is 0.579. The van der Waals surface area contributed by atoms with Crippen LogP contribution in [0.15, 0.2) is 18.2 Å². The van der Waals surface area contributed by atoms with E-state index in [2.05, 4.69) is 5.32 Å². The first-order chi connectivity index (χ1) is 12.7. The lowest BCUT2D eigenvalue weighted by molar-refractivity contribution is -0.143. The molecule has 7 nitrogen and oxygen atoms in total. The van der Waals surface area contributed by atoms with Gasteiger partial charge in [0.1, 0.15) is 0 Å². The summed E-state index contributed by atoms with van der Waals surface area (Å²) in [7, 11) is -2.65. The van der Waals surface area contributed by atoms with Crippen molar-refractivity contribution in [2.45, 2.75) is 50.1 Å². The maximum atomic E-state index is 13.1. The molecule has 0 aliphatic carbocycles. The van der Waals surface area contributed by atoms with E-state index in [-0.39, 0.29) is 36.0 Å². The summed E-state index contributed by atoms with van der Waals surface area (Å²) in [6.07, 6.45) is 0.528. The normalized spacial score (nSPS) is 32.6. The van der Waals surface area contributed by atoms with Crippen LogP contribution in [-0.4, -0.2) is 49.3 Å². The molecule has 4 atom stereocenters. The van der Waals surface area contributed by atoms with Crippen molar-refractivity contribution in [2.24, 2.45) is 5.92 Å². The highest BCUT2D eigenvalue weighted by molar-refractivity contribution is 6.71. The quantitative estimate of drug-likeness (QED) is 0.535. The maximum absolute atomic E-state index is 13.1. The van der Waals surface area contributed by atoms with Gasteiger partial charge in [-0.05, 0) is 37.7 Å². The van der Waals surface area contributed by atoms with E-state index < -0.39 is 13.9 Å². The number of carbonyl (C=O) groups excluding carboxylic acids is 2. The van der Waals surface area contributed by atoms with Crippen molar-refractivity contribution >= 4 is 31.5 Å². The molecule has 1 spiro atoms. The molecule has 1 aromatic rings. The van der Waals surface area contributed by atoms with Crippen LogP contribution in [0.4, 0.5) is 11.4 Å². The van der Waals surface area contributed by atoms with Crippen LogP contribution < -0.4 is 10.2 Å². The van der Waals surface area contributed by atoms with Gasteiger partial charge >= 0.3 is 0 Å². The van der Waals surface area contributed by atoms with Crippen LogP contribution >= 0.6 is 0 Å². The standard InChI is InChI=1S/C19H26N2O5Si/c1-11-17(27(2,3)25)15(7-9-22)26-19(11)13-10-12(21-8-6-16(21)23)4-5-14(13)20-18(19)24/h4-5,10-11,15,17,22,25H,6-9H2,1-3H3,(H,20,24)/t11-,15+,17-,19+/m0/s1. The highest BCUT2D eigenvalue weighted by Crippen LogP contribution is 2.58. The van der Waals surface area contributed by atoms with Crippen molar-refractivity contribution in [3.05, 3.63) is 23.8 Å². The minimum absolute atomic E-state index is 0.0642. The molecular weight excluding hydrogens is 364 g/mol. The first-order valence-electron chi connectivity index (χ1n) is 9.47. The molecule has 0 bridgehead atoms. The molecule has 0 unspecified atom stereocenters. The Morgan fingerprint density at radius 2 is 2.11 bits per heavy atom. The summed E-state index contributed by atoms with van der Waals surface area (Å²) in [5.41, 5.74) is 0.789. The number of rotatable bonds is 4. The molecule has 2 fully saturated rings. The van der Waals surface area contributed by atoms with E-state index in [1.807, 2.05) is 38.2 Å². The van der Waals surface area contributed by atoms with Crippen LogP contribution in [0.25, 0.3) is 0 Å². The Bertz CT molecular complexity index is 808. The van der Waals surface area contributed by atoms with E-state index in [4.69, 9.17) is 4.74 Å². The number of benzene rings is 1. The Hall–Kier alpha value is -1.74. The third-order valence-electron chi connectivity index (χ3n) is 6.30. The number of aliphatic hydroxyl groups excluding tert-OH is 1. The third kappa shape index (κ3) is 2.58. The van der Waals surface area contributed by atoms with Crippen LogP contribution in [0.1, 0.15) is 25.3 Å². The molecular formula is C19H26N2O5Si. The lowest BCUT2D eigenvalue weighted by Crippen LogP contribution is -2.44. The highest BCUT2D eigenvalue weighted by atomic mass is 28.4. The smallest absolute Gasteiger partial charge is 0.261 e. The first kappa shape index (κ1) is 18.6. The van der Waals surface area contributed by atoms with Crippen molar-refractivity contribution < 1.29 is 24.2 Å². The van der Waals surface area contributed by atoms with Crippen LogP contribution in [0.3, 0.4) is 0 Å². The molecule has 0 saturated carbocycles. The molecule has 3 aliphatic rings. The zero-order valence-corrected chi connectivity index (χ0v) is 16.9. The molecule has 1 aromatic carbocycles. The summed E-state index contributed by atoms with van der Waals surface area (Å²) >= 11 is 0. The number of amides is 2. The minimum Gasteiger partial charge on any atom is -0.432 e. The minimum atomic E-state index is -2.65. The Kier molecular flexibility index (Phi) is 4.23. The van der Waals surface area contributed by atoms with Crippen molar-refractivity contribution in [3.63, 3.8) is 0 Å². The van der Waals surface area contributed by atoms with E-state index in [1.54, 1.807) is 4.90 Å². The SMILES string of the molecule is C[C@H]1[C@H]([Si](C)(C)O)[C@@H](CCO)O[C@]12C(=O)Nc1ccc(N3CCC3=O)cc12. The average molecular weight is 391 g/mol. The topological polar surface area (TPSA) is 99.1 Å². The molecule has 0 radical (unpaired) electrons. The number of carbonyl (C=O) groups is 2. The Morgan fingerprint density at radius 3 is 2.67 bits per heavy atom. The number of nitrogens with zero attached hydrogens (tertiary/aromatic N) is 1. The molecule has 146 valence electrons. The maximum Gasteiger partial charge on any atom is 0.261 e. The summed E-state index contributed by atoms with van der Waals surface area (Å²) in [6, 6.07) is 5.52. The zero-order valence-electron chi connectivity index (χ0n) is 15.9. The molecule has 3 N–H and O–H groups in total. The van der Waals surface area contributed by atoms with Crippen molar-refractivity contribution in [3.8, 4) is 0 Å². The molecule has 3 heterocycles. The van der Waals surface area contributed by atoms with Gasteiger partial charge in [-0.25, -0.2) is 0 Å². The van der Waals surface area contributed by atoms with Gasteiger partial charge in [0.05, 0.1) is 6.10 Å². The predicted octanol–water partition coefficient (Wildman–Crippen LogP) is 1.56. The third-order valence-corrected chi connectivity index (χ3v) is 8.80. The molecule has 2 saturated heterocycles. The van der Waals surface area contributed by atoms with Crippen LogP contribution in [0.2, 0.25) is 18.6 Å².